The summed E-state index contributed by atoms with van der Waals surface area (Å²) in [5.74, 6) is 2.75. The van der Waals surface area contributed by atoms with Gasteiger partial charge >= 0.3 is 0 Å². The summed E-state index contributed by atoms with van der Waals surface area (Å²) in [6.45, 7) is 3.87. The number of ether oxygens (including phenoxy) is 2. The minimum atomic E-state index is 0.277. The van der Waals surface area contributed by atoms with Crippen molar-refractivity contribution in [2.45, 2.75) is 51.5 Å². The summed E-state index contributed by atoms with van der Waals surface area (Å²) in [5, 5.41) is 3.27. The van der Waals surface area contributed by atoms with Crippen molar-refractivity contribution < 1.29 is 14.3 Å². The molecule has 1 spiro atoms. The lowest BCUT2D eigenvalue weighted by atomic mass is 9.67. The van der Waals surface area contributed by atoms with Gasteiger partial charge in [-0.15, -0.1) is 0 Å². The lowest BCUT2D eigenvalue weighted by Gasteiger charge is -2.38. The van der Waals surface area contributed by atoms with Crippen LogP contribution in [0.25, 0.3) is 0 Å². The van der Waals surface area contributed by atoms with E-state index in [-0.39, 0.29) is 5.91 Å². The van der Waals surface area contributed by atoms with Gasteiger partial charge < -0.3 is 14.8 Å². The lowest BCUT2D eigenvalue weighted by Crippen LogP contribution is -2.40. The zero-order valence-corrected chi connectivity index (χ0v) is 17.3. The highest BCUT2D eigenvalue weighted by Gasteiger charge is 2.47. The Hall–Kier alpha value is -1.75. The Bertz CT molecular complexity index is 695. The zero-order chi connectivity index (χ0) is 19.6. The number of nitrogens with zero attached hydrogens (tertiary/aromatic N) is 1. The molecule has 1 aromatic rings. The number of likely N-dealkylation sites (tertiary alicyclic amines) is 1. The molecule has 2 saturated carbocycles. The highest BCUT2D eigenvalue weighted by molar-refractivity contribution is 5.80. The van der Waals surface area contributed by atoms with Crippen LogP contribution >= 0.6 is 0 Å². The normalized spacial score (nSPS) is 24.3. The molecule has 0 bridgehead atoms. The predicted octanol–water partition coefficient (Wildman–Crippen LogP) is 3.61. The number of benzene rings is 1. The van der Waals surface area contributed by atoms with Gasteiger partial charge in [-0.1, -0.05) is 31.4 Å². The molecule has 3 aliphatic rings. The molecule has 28 heavy (non-hydrogen) atoms. The highest BCUT2D eigenvalue weighted by Crippen LogP contribution is 2.48. The summed E-state index contributed by atoms with van der Waals surface area (Å²) in [5.41, 5.74) is 1.54. The Morgan fingerprint density at radius 2 is 1.96 bits per heavy atom. The van der Waals surface area contributed by atoms with Crippen molar-refractivity contribution in [3.05, 3.63) is 23.8 Å². The fraction of sp³-hybridized carbons (Fsp3) is 0.696. The van der Waals surface area contributed by atoms with Gasteiger partial charge in [-0.2, -0.15) is 0 Å². The third kappa shape index (κ3) is 4.00. The topological polar surface area (TPSA) is 50.8 Å². The number of carbonyl (C=O) groups is 1. The first-order chi connectivity index (χ1) is 13.6. The van der Waals surface area contributed by atoms with Gasteiger partial charge in [0.15, 0.2) is 11.5 Å². The minimum Gasteiger partial charge on any atom is -0.493 e. The average molecular weight is 387 g/mol. The Morgan fingerprint density at radius 1 is 1.18 bits per heavy atom. The maximum absolute atomic E-state index is 12.2. The summed E-state index contributed by atoms with van der Waals surface area (Å²) >= 11 is 0. The molecule has 1 heterocycles. The van der Waals surface area contributed by atoms with Crippen LogP contribution in [0.15, 0.2) is 18.2 Å². The maximum Gasteiger partial charge on any atom is 0.223 e. The molecule has 1 aliphatic heterocycles. The molecule has 2 aliphatic carbocycles. The summed E-state index contributed by atoms with van der Waals surface area (Å²) in [4.78, 5) is 14.8. The maximum atomic E-state index is 12.2. The van der Waals surface area contributed by atoms with E-state index in [1.54, 1.807) is 14.2 Å². The van der Waals surface area contributed by atoms with Crippen molar-refractivity contribution in [3.63, 3.8) is 0 Å². The van der Waals surface area contributed by atoms with Gasteiger partial charge in [-0.3, -0.25) is 9.69 Å². The van der Waals surface area contributed by atoms with E-state index in [1.165, 1.54) is 37.7 Å². The summed E-state index contributed by atoms with van der Waals surface area (Å²) in [7, 11) is 3.40. The first kappa shape index (κ1) is 19.6. The van der Waals surface area contributed by atoms with E-state index in [0.29, 0.717) is 17.3 Å². The number of carbonyl (C=O) groups excluding carboxylic acids is 1. The Morgan fingerprint density at radius 3 is 2.64 bits per heavy atom. The molecule has 1 saturated heterocycles. The molecule has 5 heteroatoms. The Labute approximate surface area is 168 Å². The number of hydrogen-bond donors (Lipinski definition) is 1. The van der Waals surface area contributed by atoms with E-state index in [1.807, 2.05) is 12.1 Å². The Balaban J connectivity index is 1.47. The number of hydrogen-bond acceptors (Lipinski definition) is 4. The van der Waals surface area contributed by atoms with Crippen LogP contribution in [0.1, 0.15) is 50.5 Å². The fourth-order valence-electron chi connectivity index (χ4n) is 5.40. The molecule has 5 nitrogen and oxygen atoms in total. The molecule has 1 N–H and O–H groups in total. The van der Waals surface area contributed by atoms with Crippen LogP contribution in [0.2, 0.25) is 0 Å². The van der Waals surface area contributed by atoms with Gasteiger partial charge in [-0.05, 0) is 43.1 Å². The second-order valence-corrected chi connectivity index (χ2v) is 8.96. The van der Waals surface area contributed by atoms with E-state index in [9.17, 15) is 4.79 Å². The molecule has 0 radical (unpaired) electrons. The molecule has 0 aromatic heterocycles. The van der Waals surface area contributed by atoms with Crippen LogP contribution in [0.4, 0.5) is 0 Å². The van der Waals surface area contributed by atoms with Crippen LogP contribution in [0, 0.1) is 17.3 Å². The molecule has 1 aromatic carbocycles. The molecule has 4 rings (SSSR count). The van der Waals surface area contributed by atoms with Crippen molar-refractivity contribution in [1.29, 1.82) is 0 Å². The molecule has 1 unspecified atom stereocenters. The second kappa shape index (κ2) is 8.32. The number of amides is 1. The highest BCUT2D eigenvalue weighted by atomic mass is 16.5. The molecule has 3 fully saturated rings. The van der Waals surface area contributed by atoms with E-state index in [2.05, 4.69) is 16.3 Å². The van der Waals surface area contributed by atoms with Crippen LogP contribution in [-0.4, -0.2) is 44.7 Å². The Kier molecular flexibility index (Phi) is 5.81. The van der Waals surface area contributed by atoms with Crippen molar-refractivity contribution in [2.75, 3.05) is 33.9 Å². The van der Waals surface area contributed by atoms with Crippen LogP contribution < -0.4 is 14.8 Å². The largest absolute Gasteiger partial charge is 0.493 e. The van der Waals surface area contributed by atoms with E-state index in [0.717, 1.165) is 50.5 Å². The molecular formula is C23H34N2O3. The second-order valence-electron chi connectivity index (χ2n) is 8.96. The first-order valence-electron chi connectivity index (χ1n) is 10.8. The quantitative estimate of drug-likeness (QED) is 0.778. The number of methoxy groups -OCH3 is 2. The molecule has 154 valence electrons. The van der Waals surface area contributed by atoms with E-state index < -0.39 is 0 Å². The van der Waals surface area contributed by atoms with E-state index in [4.69, 9.17) is 9.47 Å². The van der Waals surface area contributed by atoms with Crippen molar-refractivity contribution in [3.8, 4) is 11.5 Å². The number of rotatable bonds is 7. The van der Waals surface area contributed by atoms with Gasteiger partial charge in [0.1, 0.15) is 0 Å². The van der Waals surface area contributed by atoms with Crippen molar-refractivity contribution in [2.24, 2.45) is 17.3 Å². The van der Waals surface area contributed by atoms with Gasteiger partial charge in [0.25, 0.3) is 0 Å². The summed E-state index contributed by atoms with van der Waals surface area (Å²) < 4.78 is 11.1. The first-order valence-corrected chi connectivity index (χ1v) is 10.8. The molecular weight excluding hydrogens is 352 g/mol. The van der Waals surface area contributed by atoms with Crippen LogP contribution in [-0.2, 0) is 11.3 Å². The molecule has 1 amide bonds. The average Bonchev–Trinajstić information content (AvgIpc) is 3.52. The summed E-state index contributed by atoms with van der Waals surface area (Å²) in [6, 6.07) is 6.12. The third-order valence-electron chi connectivity index (χ3n) is 7.08. The standard InChI is InChI=1S/C23H34N2O3/c1-27-20-8-6-7-18(21(20)28-2)14-25-15-19(13-24-22(26)17-9-10-17)23(16-25)11-4-3-5-12-23/h6-8,17,19H,3-5,9-16H2,1-2H3,(H,24,26). The van der Waals surface area contributed by atoms with Crippen LogP contribution in [0.3, 0.4) is 0 Å². The lowest BCUT2D eigenvalue weighted by molar-refractivity contribution is -0.122. The fourth-order valence-corrected chi connectivity index (χ4v) is 5.40. The SMILES string of the molecule is COc1cccc(CN2CC(CNC(=O)C3CC3)C3(CCCCC3)C2)c1OC. The van der Waals surface area contributed by atoms with Gasteiger partial charge in [0, 0.05) is 37.7 Å². The third-order valence-corrected chi connectivity index (χ3v) is 7.08. The zero-order valence-electron chi connectivity index (χ0n) is 17.3. The molecule has 1 atom stereocenters. The van der Waals surface area contributed by atoms with Crippen molar-refractivity contribution in [1.82, 2.24) is 10.2 Å². The van der Waals surface area contributed by atoms with E-state index >= 15 is 0 Å². The van der Waals surface area contributed by atoms with Crippen LogP contribution in [0.5, 0.6) is 11.5 Å². The summed E-state index contributed by atoms with van der Waals surface area (Å²) in [6.07, 6.45) is 8.73. The van der Waals surface area contributed by atoms with Gasteiger partial charge in [0.2, 0.25) is 5.91 Å². The van der Waals surface area contributed by atoms with Gasteiger partial charge in [0.05, 0.1) is 14.2 Å². The number of para-hydroxylation sites is 1. The predicted molar refractivity (Wildman–Crippen MR) is 110 cm³/mol. The monoisotopic (exact) mass is 386 g/mol. The smallest absolute Gasteiger partial charge is 0.223 e. The van der Waals surface area contributed by atoms with Crippen molar-refractivity contribution >= 4 is 5.91 Å². The minimum absolute atomic E-state index is 0.277. The van der Waals surface area contributed by atoms with Gasteiger partial charge in [-0.25, -0.2) is 0 Å². The number of nitrogens with one attached hydrogen (secondary N) is 1.